The van der Waals surface area contributed by atoms with Gasteiger partial charge in [0.2, 0.25) is 0 Å². The third kappa shape index (κ3) is 3.84. The zero-order valence-electron chi connectivity index (χ0n) is 17.4. The maximum absolute atomic E-state index is 13.2. The van der Waals surface area contributed by atoms with E-state index in [1.807, 2.05) is 84.2 Å². The van der Waals surface area contributed by atoms with E-state index in [1.54, 1.807) is 23.7 Å². The largest absolute Gasteiger partial charge is 0.343 e. The van der Waals surface area contributed by atoms with Crippen LogP contribution in [0.5, 0.6) is 0 Å². The first-order chi connectivity index (χ1) is 15.7. The zero-order chi connectivity index (χ0) is 21.9. The Morgan fingerprint density at radius 3 is 2.59 bits per heavy atom. The molecule has 1 amide bonds. The number of carbonyl (C=O) groups excluding carboxylic acids is 1. The molecule has 2 aromatic carbocycles. The molecular formula is C26H20N4OS. The van der Waals surface area contributed by atoms with Gasteiger partial charge < -0.3 is 10.2 Å². The summed E-state index contributed by atoms with van der Waals surface area (Å²) in [5.74, 6) is 0.315. The second-order valence-electron chi connectivity index (χ2n) is 7.35. The number of nitrogens with one attached hydrogen (secondary N) is 1. The number of pyridine rings is 2. The summed E-state index contributed by atoms with van der Waals surface area (Å²) in [5.41, 5.74) is 4.46. The molecule has 0 aliphatic heterocycles. The summed E-state index contributed by atoms with van der Waals surface area (Å²) in [6.07, 6.45) is 5.39. The van der Waals surface area contributed by atoms with Crippen LogP contribution in [0.3, 0.4) is 0 Å². The number of rotatable bonds is 5. The molecule has 156 valence electrons. The molecule has 0 aliphatic carbocycles. The smallest absolute Gasteiger partial charge is 0.258 e. The van der Waals surface area contributed by atoms with Crippen LogP contribution in [0.25, 0.3) is 21.9 Å². The fourth-order valence-electron chi connectivity index (χ4n) is 3.74. The Bertz CT molecular complexity index is 1400. The number of nitrogens with zero attached hydrogens (tertiary/aromatic N) is 3. The molecule has 0 bridgehead atoms. The first-order valence-electron chi connectivity index (χ1n) is 10.2. The average Bonchev–Trinajstić information content (AvgIpc) is 3.38. The fourth-order valence-corrected chi connectivity index (χ4v) is 4.40. The first-order valence-corrected chi connectivity index (χ1v) is 11.1. The molecule has 32 heavy (non-hydrogen) atoms. The van der Waals surface area contributed by atoms with Gasteiger partial charge in [-0.3, -0.25) is 9.78 Å². The van der Waals surface area contributed by atoms with Crippen molar-refractivity contribution < 1.29 is 4.79 Å². The lowest BCUT2D eigenvalue weighted by Crippen LogP contribution is -2.19. The number of carbonyl (C=O) groups is 1. The number of benzene rings is 2. The van der Waals surface area contributed by atoms with Crippen molar-refractivity contribution in [3.63, 3.8) is 0 Å². The first kappa shape index (κ1) is 19.9. The third-order valence-electron chi connectivity index (χ3n) is 5.37. The predicted molar refractivity (Wildman–Crippen MR) is 132 cm³/mol. The van der Waals surface area contributed by atoms with E-state index >= 15 is 0 Å². The van der Waals surface area contributed by atoms with Crippen molar-refractivity contribution in [2.45, 2.75) is 0 Å². The van der Waals surface area contributed by atoms with Crippen LogP contribution in [-0.4, -0.2) is 22.9 Å². The van der Waals surface area contributed by atoms with Crippen LogP contribution in [-0.2, 0) is 0 Å². The van der Waals surface area contributed by atoms with Crippen LogP contribution in [0.2, 0.25) is 0 Å². The monoisotopic (exact) mass is 436 g/mol. The summed E-state index contributed by atoms with van der Waals surface area (Å²) in [6.45, 7) is 0. The molecule has 1 N–H and O–H groups in total. The summed E-state index contributed by atoms with van der Waals surface area (Å²) in [4.78, 5) is 24.0. The summed E-state index contributed by atoms with van der Waals surface area (Å²) < 4.78 is 0. The number of para-hydroxylation sites is 1. The van der Waals surface area contributed by atoms with Crippen molar-refractivity contribution in [3.8, 4) is 11.1 Å². The molecule has 5 rings (SSSR count). The van der Waals surface area contributed by atoms with Crippen molar-refractivity contribution >= 4 is 45.2 Å². The van der Waals surface area contributed by atoms with E-state index < -0.39 is 0 Å². The number of aromatic nitrogens is 2. The Balaban J connectivity index is 1.48. The lowest BCUT2D eigenvalue weighted by Gasteiger charge is -2.24. The average molecular weight is 437 g/mol. The number of hydrogen-bond acceptors (Lipinski definition) is 5. The SMILES string of the molecule is CN(c1ccccc1C(=O)Nc1cc2ccccc2cn1)c1ccncc1-c1ccsc1. The summed E-state index contributed by atoms with van der Waals surface area (Å²) in [5, 5.41) is 9.15. The van der Waals surface area contributed by atoms with Crippen molar-refractivity contribution in [3.05, 3.63) is 102 Å². The van der Waals surface area contributed by atoms with Gasteiger partial charge in [0, 0.05) is 36.6 Å². The van der Waals surface area contributed by atoms with Crippen LogP contribution in [0, 0.1) is 0 Å². The van der Waals surface area contributed by atoms with Crippen LogP contribution in [0.15, 0.2) is 96.1 Å². The van der Waals surface area contributed by atoms with E-state index in [-0.39, 0.29) is 5.91 Å². The molecule has 0 spiro atoms. The van der Waals surface area contributed by atoms with E-state index in [1.165, 1.54) is 0 Å². The number of amides is 1. The second kappa shape index (κ2) is 8.61. The van der Waals surface area contributed by atoms with Gasteiger partial charge in [-0.2, -0.15) is 11.3 Å². The Morgan fingerprint density at radius 1 is 0.938 bits per heavy atom. The predicted octanol–water partition coefficient (Wildman–Crippen LogP) is 6.38. The minimum Gasteiger partial charge on any atom is -0.343 e. The molecule has 0 aliphatic rings. The minimum absolute atomic E-state index is 0.207. The molecule has 5 aromatic rings. The molecular weight excluding hydrogens is 416 g/mol. The quantitative estimate of drug-likeness (QED) is 0.347. The van der Waals surface area contributed by atoms with Gasteiger partial charge in [0.15, 0.2) is 0 Å². The topological polar surface area (TPSA) is 58.1 Å². The van der Waals surface area contributed by atoms with Crippen LogP contribution in [0.4, 0.5) is 17.2 Å². The highest BCUT2D eigenvalue weighted by molar-refractivity contribution is 7.08. The molecule has 0 saturated carbocycles. The molecule has 3 heterocycles. The Morgan fingerprint density at radius 2 is 1.75 bits per heavy atom. The van der Waals surface area contributed by atoms with Crippen molar-refractivity contribution in [2.24, 2.45) is 0 Å². The van der Waals surface area contributed by atoms with Crippen molar-refractivity contribution in [1.29, 1.82) is 0 Å². The molecule has 0 atom stereocenters. The Kier molecular flexibility index (Phi) is 5.35. The normalized spacial score (nSPS) is 10.8. The van der Waals surface area contributed by atoms with Gasteiger partial charge in [-0.15, -0.1) is 0 Å². The van der Waals surface area contributed by atoms with E-state index in [9.17, 15) is 4.79 Å². The summed E-state index contributed by atoms with van der Waals surface area (Å²) >= 11 is 1.64. The van der Waals surface area contributed by atoms with Crippen molar-refractivity contribution in [2.75, 3.05) is 17.3 Å². The molecule has 6 heteroatoms. The Hall–Kier alpha value is -4.03. The fraction of sp³-hybridized carbons (Fsp3) is 0.0385. The highest BCUT2D eigenvalue weighted by Gasteiger charge is 2.18. The van der Waals surface area contributed by atoms with Gasteiger partial charge in [0.05, 0.1) is 16.9 Å². The van der Waals surface area contributed by atoms with E-state index in [0.29, 0.717) is 11.4 Å². The van der Waals surface area contributed by atoms with Crippen LogP contribution >= 0.6 is 11.3 Å². The van der Waals surface area contributed by atoms with Gasteiger partial charge in [-0.1, -0.05) is 36.4 Å². The maximum atomic E-state index is 13.2. The maximum Gasteiger partial charge on any atom is 0.258 e. The lowest BCUT2D eigenvalue weighted by molar-refractivity contribution is 0.102. The van der Waals surface area contributed by atoms with Crippen molar-refractivity contribution in [1.82, 2.24) is 9.97 Å². The van der Waals surface area contributed by atoms with E-state index in [0.717, 1.165) is 33.3 Å². The number of hydrogen-bond donors (Lipinski definition) is 1. The highest BCUT2D eigenvalue weighted by atomic mass is 32.1. The van der Waals surface area contributed by atoms with Gasteiger partial charge in [-0.05, 0) is 52.0 Å². The molecule has 0 saturated heterocycles. The second-order valence-corrected chi connectivity index (χ2v) is 8.13. The number of thiophene rings is 1. The highest BCUT2D eigenvalue weighted by Crippen LogP contribution is 2.35. The summed E-state index contributed by atoms with van der Waals surface area (Å²) in [6, 6.07) is 21.4. The van der Waals surface area contributed by atoms with Crippen LogP contribution in [0.1, 0.15) is 10.4 Å². The third-order valence-corrected chi connectivity index (χ3v) is 6.06. The van der Waals surface area contributed by atoms with E-state index in [4.69, 9.17) is 0 Å². The van der Waals surface area contributed by atoms with Crippen LogP contribution < -0.4 is 10.2 Å². The summed E-state index contributed by atoms with van der Waals surface area (Å²) in [7, 11) is 1.96. The van der Waals surface area contributed by atoms with Gasteiger partial charge >= 0.3 is 0 Å². The molecule has 5 nitrogen and oxygen atoms in total. The van der Waals surface area contributed by atoms with E-state index in [2.05, 4.69) is 26.7 Å². The Labute approximate surface area is 190 Å². The zero-order valence-corrected chi connectivity index (χ0v) is 18.2. The number of fused-ring (bicyclic) bond motifs is 1. The van der Waals surface area contributed by atoms with Gasteiger partial charge in [-0.25, -0.2) is 4.98 Å². The van der Waals surface area contributed by atoms with Gasteiger partial charge in [0.1, 0.15) is 5.82 Å². The number of anilines is 3. The molecule has 0 fully saturated rings. The molecule has 3 aromatic heterocycles. The lowest BCUT2D eigenvalue weighted by atomic mass is 10.1. The minimum atomic E-state index is -0.207. The standard InChI is InChI=1S/C26H20N4OS/c1-30(24-10-12-27-16-22(24)20-11-13-32-17-20)23-9-5-4-8-21(23)26(31)29-25-14-18-6-2-3-7-19(18)15-28-25/h2-17H,1H3,(H,28,29,31). The van der Waals surface area contributed by atoms with Gasteiger partial charge in [0.25, 0.3) is 5.91 Å². The molecule has 0 unspecified atom stereocenters. The molecule has 0 radical (unpaired) electrons.